The molecule has 1 amide bonds. The van der Waals surface area contributed by atoms with E-state index in [4.69, 9.17) is 16.3 Å². The molecule has 20 heavy (non-hydrogen) atoms. The summed E-state index contributed by atoms with van der Waals surface area (Å²) in [5.41, 5.74) is 1.08. The van der Waals surface area contributed by atoms with Gasteiger partial charge in [0.2, 0.25) is 0 Å². The Labute approximate surface area is 121 Å². The van der Waals surface area contributed by atoms with E-state index in [1.165, 1.54) is 6.07 Å². The van der Waals surface area contributed by atoms with Crippen molar-refractivity contribution in [3.8, 4) is 5.75 Å². The van der Waals surface area contributed by atoms with E-state index in [9.17, 15) is 9.18 Å². The molecule has 0 fully saturated rings. The highest BCUT2D eigenvalue weighted by molar-refractivity contribution is 6.30. The Balaban J connectivity index is 1.92. The van der Waals surface area contributed by atoms with Gasteiger partial charge in [-0.3, -0.25) is 4.79 Å². The molecule has 3 nitrogen and oxygen atoms in total. The van der Waals surface area contributed by atoms with Crippen LogP contribution in [0.4, 0.5) is 10.1 Å². The third-order valence-electron chi connectivity index (χ3n) is 2.64. The van der Waals surface area contributed by atoms with Crippen molar-refractivity contribution in [3.05, 3.63) is 58.9 Å². The molecular formula is C15H13ClFNO2. The topological polar surface area (TPSA) is 38.3 Å². The monoisotopic (exact) mass is 293 g/mol. The SMILES string of the molecule is Cc1cccc(OCC(=O)Nc2ccc(Cl)cc2)c1F. The molecule has 0 aliphatic heterocycles. The number of amides is 1. The Kier molecular flexibility index (Phi) is 4.58. The second kappa shape index (κ2) is 6.39. The minimum Gasteiger partial charge on any atom is -0.481 e. The lowest BCUT2D eigenvalue weighted by Crippen LogP contribution is -2.20. The van der Waals surface area contributed by atoms with Crippen LogP contribution in [0.15, 0.2) is 42.5 Å². The van der Waals surface area contributed by atoms with Crippen LogP contribution < -0.4 is 10.1 Å². The van der Waals surface area contributed by atoms with Gasteiger partial charge in [-0.05, 0) is 42.8 Å². The van der Waals surface area contributed by atoms with Crippen molar-refractivity contribution in [1.82, 2.24) is 0 Å². The van der Waals surface area contributed by atoms with Gasteiger partial charge in [0.1, 0.15) is 0 Å². The summed E-state index contributed by atoms with van der Waals surface area (Å²) in [6.07, 6.45) is 0. The van der Waals surface area contributed by atoms with Crippen LogP contribution in [-0.2, 0) is 4.79 Å². The van der Waals surface area contributed by atoms with Gasteiger partial charge in [0, 0.05) is 10.7 Å². The first kappa shape index (κ1) is 14.3. The van der Waals surface area contributed by atoms with E-state index in [1.807, 2.05) is 0 Å². The van der Waals surface area contributed by atoms with Gasteiger partial charge >= 0.3 is 0 Å². The average Bonchev–Trinajstić information content (AvgIpc) is 2.43. The zero-order valence-electron chi connectivity index (χ0n) is 10.8. The second-order valence-corrected chi connectivity index (χ2v) is 4.67. The summed E-state index contributed by atoms with van der Waals surface area (Å²) in [6.45, 7) is 1.37. The lowest BCUT2D eigenvalue weighted by atomic mass is 10.2. The number of nitrogens with one attached hydrogen (secondary N) is 1. The predicted molar refractivity (Wildman–Crippen MR) is 76.7 cm³/mol. The quantitative estimate of drug-likeness (QED) is 0.931. The highest BCUT2D eigenvalue weighted by atomic mass is 35.5. The standard InChI is InChI=1S/C15H13ClFNO2/c1-10-3-2-4-13(15(10)17)20-9-14(19)18-12-7-5-11(16)6-8-12/h2-8H,9H2,1H3,(H,18,19). The molecule has 0 saturated carbocycles. The van der Waals surface area contributed by atoms with Gasteiger partial charge < -0.3 is 10.1 Å². The minimum atomic E-state index is -0.452. The maximum atomic E-state index is 13.7. The van der Waals surface area contributed by atoms with Crippen LogP contribution in [-0.4, -0.2) is 12.5 Å². The fraction of sp³-hybridized carbons (Fsp3) is 0.133. The zero-order chi connectivity index (χ0) is 14.5. The van der Waals surface area contributed by atoms with Crippen LogP contribution >= 0.6 is 11.6 Å². The van der Waals surface area contributed by atoms with Crippen LogP contribution in [0, 0.1) is 12.7 Å². The Morgan fingerprint density at radius 1 is 1.25 bits per heavy atom. The van der Waals surface area contributed by atoms with Crippen molar-refractivity contribution in [2.45, 2.75) is 6.92 Å². The molecule has 0 aliphatic rings. The van der Waals surface area contributed by atoms with E-state index < -0.39 is 5.82 Å². The van der Waals surface area contributed by atoms with E-state index >= 15 is 0 Å². The molecule has 0 aromatic heterocycles. The number of carbonyl (C=O) groups excluding carboxylic acids is 1. The number of carbonyl (C=O) groups is 1. The highest BCUT2D eigenvalue weighted by Crippen LogP contribution is 2.19. The van der Waals surface area contributed by atoms with E-state index in [0.29, 0.717) is 16.3 Å². The van der Waals surface area contributed by atoms with Crippen molar-refractivity contribution < 1.29 is 13.9 Å². The van der Waals surface area contributed by atoms with Crippen LogP contribution in [0.1, 0.15) is 5.56 Å². The fourth-order valence-corrected chi connectivity index (χ4v) is 1.73. The van der Waals surface area contributed by atoms with Gasteiger partial charge in [-0.25, -0.2) is 4.39 Å². The van der Waals surface area contributed by atoms with Gasteiger partial charge in [0.25, 0.3) is 5.91 Å². The Bertz CT molecular complexity index is 614. The molecule has 0 unspecified atom stereocenters. The van der Waals surface area contributed by atoms with Gasteiger partial charge in [0.15, 0.2) is 18.2 Å². The molecule has 2 aromatic carbocycles. The smallest absolute Gasteiger partial charge is 0.262 e. The van der Waals surface area contributed by atoms with E-state index in [2.05, 4.69) is 5.32 Å². The summed E-state index contributed by atoms with van der Waals surface area (Å²) in [5.74, 6) is -0.753. The lowest BCUT2D eigenvalue weighted by Gasteiger charge is -2.09. The van der Waals surface area contributed by atoms with Crippen LogP contribution in [0.2, 0.25) is 5.02 Å². The molecule has 2 aromatic rings. The van der Waals surface area contributed by atoms with Gasteiger partial charge in [-0.2, -0.15) is 0 Å². The third-order valence-corrected chi connectivity index (χ3v) is 2.90. The zero-order valence-corrected chi connectivity index (χ0v) is 11.6. The first-order valence-corrected chi connectivity index (χ1v) is 6.37. The van der Waals surface area contributed by atoms with Gasteiger partial charge in [-0.1, -0.05) is 23.7 Å². The molecular weight excluding hydrogens is 281 g/mol. The second-order valence-electron chi connectivity index (χ2n) is 4.23. The van der Waals surface area contributed by atoms with Gasteiger partial charge in [0.05, 0.1) is 0 Å². The molecule has 104 valence electrons. The van der Waals surface area contributed by atoms with Crippen molar-refractivity contribution in [2.75, 3.05) is 11.9 Å². The maximum absolute atomic E-state index is 13.7. The summed E-state index contributed by atoms with van der Waals surface area (Å²) >= 11 is 5.74. The predicted octanol–water partition coefficient (Wildman–Crippen LogP) is 3.81. The molecule has 5 heteroatoms. The van der Waals surface area contributed by atoms with Crippen molar-refractivity contribution in [3.63, 3.8) is 0 Å². The largest absolute Gasteiger partial charge is 0.481 e. The van der Waals surface area contributed by atoms with E-state index in [0.717, 1.165) is 0 Å². The Morgan fingerprint density at radius 3 is 2.65 bits per heavy atom. The first-order chi connectivity index (χ1) is 9.56. The number of halogens is 2. The third kappa shape index (κ3) is 3.71. The normalized spacial score (nSPS) is 10.2. The first-order valence-electron chi connectivity index (χ1n) is 5.99. The Morgan fingerprint density at radius 2 is 1.95 bits per heavy atom. The number of anilines is 1. The highest BCUT2D eigenvalue weighted by Gasteiger charge is 2.08. The maximum Gasteiger partial charge on any atom is 0.262 e. The molecule has 0 saturated heterocycles. The number of rotatable bonds is 4. The molecule has 0 heterocycles. The number of aryl methyl sites for hydroxylation is 1. The summed E-state index contributed by atoms with van der Waals surface area (Å²) in [7, 11) is 0. The minimum absolute atomic E-state index is 0.0660. The lowest BCUT2D eigenvalue weighted by molar-refractivity contribution is -0.118. The van der Waals surface area contributed by atoms with Gasteiger partial charge in [-0.15, -0.1) is 0 Å². The van der Waals surface area contributed by atoms with Crippen molar-refractivity contribution in [1.29, 1.82) is 0 Å². The summed E-state index contributed by atoms with van der Waals surface area (Å²) in [4.78, 5) is 11.7. The molecule has 0 aliphatic carbocycles. The molecule has 1 N–H and O–H groups in total. The Hall–Kier alpha value is -2.07. The van der Waals surface area contributed by atoms with E-state index in [1.54, 1.807) is 43.3 Å². The molecule has 0 bridgehead atoms. The van der Waals surface area contributed by atoms with Crippen molar-refractivity contribution in [2.24, 2.45) is 0 Å². The number of benzene rings is 2. The molecule has 0 radical (unpaired) electrons. The number of hydrogen-bond acceptors (Lipinski definition) is 2. The summed E-state index contributed by atoms with van der Waals surface area (Å²) < 4.78 is 18.8. The average molecular weight is 294 g/mol. The number of ether oxygens (including phenoxy) is 1. The molecule has 0 atom stereocenters. The van der Waals surface area contributed by atoms with Crippen LogP contribution in [0.25, 0.3) is 0 Å². The fourth-order valence-electron chi connectivity index (χ4n) is 1.61. The van der Waals surface area contributed by atoms with E-state index in [-0.39, 0.29) is 18.3 Å². The summed E-state index contributed by atoms with van der Waals surface area (Å²) in [5, 5.41) is 3.21. The molecule has 0 spiro atoms. The van der Waals surface area contributed by atoms with Crippen LogP contribution in [0.3, 0.4) is 0 Å². The van der Waals surface area contributed by atoms with Crippen molar-refractivity contribution >= 4 is 23.2 Å². The number of hydrogen-bond donors (Lipinski definition) is 1. The molecule has 2 rings (SSSR count). The summed E-state index contributed by atoms with van der Waals surface area (Å²) in [6, 6.07) is 11.5. The van der Waals surface area contributed by atoms with Crippen LogP contribution in [0.5, 0.6) is 5.75 Å².